The lowest BCUT2D eigenvalue weighted by atomic mass is 10.00. The van der Waals surface area contributed by atoms with Crippen LogP contribution >= 0.6 is 0 Å². The van der Waals surface area contributed by atoms with E-state index in [0.717, 1.165) is 49.7 Å². The third kappa shape index (κ3) is 15.3. The first-order valence-electron chi connectivity index (χ1n) is 28.4. The van der Waals surface area contributed by atoms with Gasteiger partial charge in [-0.2, -0.15) is 13.2 Å². The summed E-state index contributed by atoms with van der Waals surface area (Å²) in [4.78, 5) is 63.8. The SMILES string of the molecule is CC(C)(C)OC(=O)N1CCC(N=CC(=CN)c2cnc3[nH]cc(C(=O)c4c(F)ccc(NS(=O)(=O)c5ccc(C(F)(F)F)cc5)c4F)c3c2)CC1.Cc1ccc(S(=O)(=O)Nc2ccc(F)c(C(=O)c3c[nH]c4ncc(C(C=NC5CCNCC5)=CN)cc34)c2F)cc1. The maximum Gasteiger partial charge on any atom is 0.416 e. The lowest BCUT2D eigenvalue weighted by Crippen LogP contribution is -2.42. The number of nitrogens with one attached hydrogen (secondary N) is 5. The number of ether oxygens (including phenoxy) is 1. The first kappa shape index (κ1) is 66.7. The summed E-state index contributed by atoms with van der Waals surface area (Å²) in [6.07, 6.45) is 9.23. The Morgan fingerprint density at radius 3 is 1.48 bits per heavy atom. The van der Waals surface area contributed by atoms with Crippen molar-refractivity contribution < 1.29 is 66.7 Å². The second-order valence-corrected chi connectivity index (χ2v) is 25.8. The van der Waals surface area contributed by atoms with E-state index in [0.29, 0.717) is 89.6 Å². The Morgan fingerprint density at radius 2 is 1.07 bits per heavy atom. The van der Waals surface area contributed by atoms with E-state index in [1.807, 2.05) is 4.72 Å². The van der Waals surface area contributed by atoms with Crippen LogP contribution in [0, 0.1) is 30.2 Å². The molecule has 0 radical (unpaired) electrons. The number of carbonyl (C=O) groups is 3. The number of hydrogen-bond acceptors (Lipinski definition) is 15. The highest BCUT2D eigenvalue weighted by Crippen LogP contribution is 2.34. The van der Waals surface area contributed by atoms with Crippen LogP contribution in [-0.2, 0) is 31.0 Å². The number of ketones is 2. The zero-order chi connectivity index (χ0) is 66.5. The average Bonchev–Trinajstić information content (AvgIpc) is 1.48. The number of carbonyl (C=O) groups excluding carboxylic acids is 3. The lowest BCUT2D eigenvalue weighted by molar-refractivity contribution is -0.137. The monoisotopic (exact) mass is 1310 g/mol. The second-order valence-electron chi connectivity index (χ2n) is 22.4. The molecule has 0 saturated carbocycles. The van der Waals surface area contributed by atoms with E-state index in [1.165, 1.54) is 55.4 Å². The van der Waals surface area contributed by atoms with E-state index >= 15 is 13.2 Å². The number of aromatic amines is 2. The molecule has 10 rings (SSSR count). The summed E-state index contributed by atoms with van der Waals surface area (Å²) in [7, 11) is -8.85. The van der Waals surface area contributed by atoms with Crippen LogP contribution in [0.15, 0.2) is 142 Å². The minimum Gasteiger partial charge on any atom is -0.444 e. The number of likely N-dealkylation sites (tertiary alicyclic amines) is 1. The highest BCUT2D eigenvalue weighted by Gasteiger charge is 2.33. The number of pyridine rings is 2. The number of rotatable bonds is 16. The predicted molar refractivity (Wildman–Crippen MR) is 334 cm³/mol. The van der Waals surface area contributed by atoms with E-state index in [1.54, 1.807) is 63.2 Å². The fraction of sp³-hybridized carbons (Fsp3) is 0.254. The topological polar surface area (TPSA) is 302 Å². The van der Waals surface area contributed by atoms with Gasteiger partial charge in [-0.25, -0.2) is 49.2 Å². The number of nitrogens with two attached hydrogens (primary N) is 2. The van der Waals surface area contributed by atoms with Gasteiger partial charge in [0.2, 0.25) is 11.6 Å². The van der Waals surface area contributed by atoms with Gasteiger partial charge in [-0.1, -0.05) is 17.7 Å². The number of anilines is 2. The van der Waals surface area contributed by atoms with Crippen LogP contribution in [0.25, 0.3) is 33.2 Å². The molecular formula is C63H61F7N12O8S2. The van der Waals surface area contributed by atoms with Gasteiger partial charge in [0.25, 0.3) is 20.0 Å². The van der Waals surface area contributed by atoms with Crippen molar-refractivity contribution in [1.29, 1.82) is 0 Å². The fourth-order valence-electron chi connectivity index (χ4n) is 9.87. The normalized spacial score (nSPS) is 15.1. The molecule has 6 heterocycles. The van der Waals surface area contributed by atoms with Crippen LogP contribution in [0.1, 0.15) is 101 Å². The molecule has 0 aliphatic carbocycles. The zero-order valence-corrected chi connectivity index (χ0v) is 51.3. The summed E-state index contributed by atoms with van der Waals surface area (Å²) in [5.41, 5.74) is 9.80. The van der Waals surface area contributed by atoms with Crippen LogP contribution in [0.4, 0.5) is 46.9 Å². The van der Waals surface area contributed by atoms with E-state index in [2.05, 4.69) is 40.0 Å². The number of H-pyrrole nitrogens is 2. The first-order chi connectivity index (χ1) is 43.5. The summed E-state index contributed by atoms with van der Waals surface area (Å²) >= 11 is 0. The molecule has 0 bridgehead atoms. The molecular weight excluding hydrogens is 1250 g/mol. The minimum atomic E-state index is -4.72. The molecule has 4 aromatic carbocycles. The number of piperidine rings is 2. The Balaban J connectivity index is 0.000000222. The molecule has 8 aromatic rings. The number of fused-ring (bicyclic) bond motifs is 2. The van der Waals surface area contributed by atoms with E-state index in [9.17, 15) is 48.8 Å². The Morgan fingerprint density at radius 1 is 0.641 bits per heavy atom. The summed E-state index contributed by atoms with van der Waals surface area (Å²) in [5, 5.41) is 3.76. The molecule has 9 N–H and O–H groups in total. The minimum absolute atomic E-state index is 0.0441. The fourth-order valence-corrected chi connectivity index (χ4v) is 12.0. The summed E-state index contributed by atoms with van der Waals surface area (Å²) in [6, 6.07) is 14.8. The van der Waals surface area contributed by atoms with Crippen molar-refractivity contribution in [2.45, 2.75) is 87.0 Å². The number of benzene rings is 4. The molecule has 20 nitrogen and oxygen atoms in total. The van der Waals surface area contributed by atoms with E-state index < -0.39 is 106 Å². The largest absolute Gasteiger partial charge is 0.444 e. The molecule has 92 heavy (non-hydrogen) atoms. The van der Waals surface area contributed by atoms with Crippen molar-refractivity contribution in [1.82, 2.24) is 30.2 Å². The molecule has 2 fully saturated rings. The van der Waals surface area contributed by atoms with Crippen LogP contribution in [0.5, 0.6) is 0 Å². The molecule has 2 saturated heterocycles. The smallest absolute Gasteiger partial charge is 0.416 e. The highest BCUT2D eigenvalue weighted by molar-refractivity contribution is 7.93. The van der Waals surface area contributed by atoms with E-state index in [-0.39, 0.29) is 39.1 Å². The van der Waals surface area contributed by atoms with Gasteiger partial charge in [0.15, 0.2) is 11.6 Å². The zero-order valence-electron chi connectivity index (χ0n) is 49.6. The number of aryl methyl sites for hydroxylation is 1. The molecule has 2 aliphatic heterocycles. The van der Waals surface area contributed by atoms with Crippen molar-refractivity contribution in [3.05, 3.63) is 190 Å². The number of nitrogens with zero attached hydrogens (tertiary/aromatic N) is 5. The van der Waals surface area contributed by atoms with Crippen molar-refractivity contribution >= 4 is 94.7 Å². The number of allylic oxidation sites excluding steroid dienone is 2. The van der Waals surface area contributed by atoms with Gasteiger partial charge in [-0.3, -0.25) is 29.0 Å². The number of sulfonamides is 2. The van der Waals surface area contributed by atoms with Gasteiger partial charge in [-0.15, -0.1) is 0 Å². The van der Waals surface area contributed by atoms with Gasteiger partial charge >= 0.3 is 12.3 Å². The second kappa shape index (κ2) is 27.4. The Kier molecular flexibility index (Phi) is 19.8. The number of alkyl halides is 3. The van der Waals surface area contributed by atoms with Gasteiger partial charge in [0.1, 0.15) is 28.5 Å². The lowest BCUT2D eigenvalue weighted by Gasteiger charge is -2.32. The average molecular weight is 1310 g/mol. The number of aromatic nitrogens is 4. The third-order valence-corrected chi connectivity index (χ3v) is 17.6. The Bertz CT molecular complexity index is 4480. The molecule has 2 aliphatic rings. The molecule has 1 amide bonds. The van der Waals surface area contributed by atoms with Crippen molar-refractivity contribution in [2.24, 2.45) is 21.5 Å². The summed E-state index contributed by atoms with van der Waals surface area (Å²) < 4.78 is 161. The quantitative estimate of drug-likeness (QED) is 0.0269. The standard InChI is InChI=1S/C34H33F5N6O5S.C29H28F2N6O3S/c1-33(2,3)50-32(47)45-12-10-22(11-13-45)41-17-20(15-40)19-14-24-25(18-43-31(24)42-16-19)30(46)28-26(35)8-9-27(29(28)36)44-51(48,49)23-6-4-21(5-7-23)34(37,38)39;1-17-2-4-21(5-3-17)41(39,40)37-25-7-6-24(30)26(27(25)31)28(38)23-16-36-29-22(23)12-18(14-35-29)19(13-32)15-34-20-8-10-33-11-9-20/h4-9,14-18,22,44H,10-13,40H2,1-3H3,(H,42,43);2-7,12-16,20,33,37H,8-11,32H2,1H3,(H,35,36). The molecule has 29 heteroatoms. The van der Waals surface area contributed by atoms with Gasteiger partial charge < -0.3 is 36.4 Å². The third-order valence-electron chi connectivity index (χ3n) is 14.8. The molecule has 482 valence electrons. The molecule has 4 aromatic heterocycles. The van der Waals surface area contributed by atoms with Crippen LogP contribution in [0.3, 0.4) is 0 Å². The maximum atomic E-state index is 15.7. The Labute approximate surface area is 523 Å². The van der Waals surface area contributed by atoms with Crippen LogP contribution in [-0.4, -0.2) is 116 Å². The highest BCUT2D eigenvalue weighted by atomic mass is 32.2. The van der Waals surface area contributed by atoms with Gasteiger partial charge in [0.05, 0.1) is 49.9 Å². The first-order valence-corrected chi connectivity index (χ1v) is 31.4. The van der Waals surface area contributed by atoms with Gasteiger partial charge in [-0.05, 0) is 139 Å². The maximum absolute atomic E-state index is 15.7. The number of aliphatic imine (C=N–C) groups is 2. The van der Waals surface area contributed by atoms with Crippen molar-refractivity contribution in [3.8, 4) is 0 Å². The molecule has 0 spiro atoms. The number of halogens is 7. The predicted octanol–water partition coefficient (Wildman–Crippen LogP) is 11.0. The summed E-state index contributed by atoms with van der Waals surface area (Å²) in [6.45, 7) is 9.83. The van der Waals surface area contributed by atoms with Crippen LogP contribution in [0.2, 0.25) is 0 Å². The summed E-state index contributed by atoms with van der Waals surface area (Å²) in [5.74, 6) is -7.43. The van der Waals surface area contributed by atoms with Crippen molar-refractivity contribution in [2.75, 3.05) is 35.6 Å². The van der Waals surface area contributed by atoms with Crippen LogP contribution < -0.4 is 26.2 Å². The van der Waals surface area contributed by atoms with Crippen molar-refractivity contribution in [3.63, 3.8) is 0 Å². The number of amides is 1. The number of hydrogen-bond donors (Lipinski definition) is 7. The van der Waals surface area contributed by atoms with E-state index in [4.69, 9.17) is 16.2 Å². The molecule has 0 unspecified atom stereocenters. The Hall–Kier alpha value is -9.74. The van der Waals surface area contributed by atoms with Gasteiger partial charge in [0, 0.05) is 107 Å². The molecule has 0 atom stereocenters.